The molecule has 0 atom stereocenters. The number of carbonyl (C=O) groups excluding carboxylic acids is 1. The van der Waals surface area contributed by atoms with E-state index in [0.717, 1.165) is 32.4 Å². The number of methoxy groups -OCH3 is 2. The van der Waals surface area contributed by atoms with Crippen LogP contribution in [-0.4, -0.2) is 38.2 Å². The highest BCUT2D eigenvalue weighted by Crippen LogP contribution is 2.26. The SMILES string of the molecule is CCCCN(CCC)C(=O)Nc1cc(OC)cc(OC)c1. The second kappa shape index (κ2) is 9.10. The number of amides is 2. The summed E-state index contributed by atoms with van der Waals surface area (Å²) in [6.45, 7) is 5.72. The normalized spacial score (nSPS) is 10.1. The Morgan fingerprint density at radius 1 is 1.05 bits per heavy atom. The van der Waals surface area contributed by atoms with Gasteiger partial charge in [-0.15, -0.1) is 0 Å². The fraction of sp³-hybridized carbons (Fsp3) is 0.562. The molecule has 0 unspecified atom stereocenters. The van der Waals surface area contributed by atoms with Crippen molar-refractivity contribution in [1.29, 1.82) is 0 Å². The van der Waals surface area contributed by atoms with Gasteiger partial charge in [-0.25, -0.2) is 4.79 Å². The zero-order valence-corrected chi connectivity index (χ0v) is 13.4. The summed E-state index contributed by atoms with van der Waals surface area (Å²) in [5.74, 6) is 1.31. The highest BCUT2D eigenvalue weighted by atomic mass is 16.5. The first-order valence-electron chi connectivity index (χ1n) is 7.43. The van der Waals surface area contributed by atoms with Crippen LogP contribution in [0, 0.1) is 0 Å². The van der Waals surface area contributed by atoms with E-state index in [-0.39, 0.29) is 6.03 Å². The summed E-state index contributed by atoms with van der Waals surface area (Å²) < 4.78 is 10.4. The smallest absolute Gasteiger partial charge is 0.321 e. The number of urea groups is 1. The Morgan fingerprint density at radius 2 is 1.67 bits per heavy atom. The van der Waals surface area contributed by atoms with Gasteiger partial charge in [-0.1, -0.05) is 20.3 Å². The van der Waals surface area contributed by atoms with Crippen molar-refractivity contribution in [2.45, 2.75) is 33.1 Å². The van der Waals surface area contributed by atoms with Gasteiger partial charge in [0.05, 0.1) is 14.2 Å². The molecular weight excluding hydrogens is 268 g/mol. The molecule has 0 aliphatic carbocycles. The lowest BCUT2D eigenvalue weighted by molar-refractivity contribution is 0.211. The van der Waals surface area contributed by atoms with Crippen molar-refractivity contribution in [3.8, 4) is 11.5 Å². The molecule has 5 heteroatoms. The Hall–Kier alpha value is -1.91. The predicted molar refractivity (Wildman–Crippen MR) is 85.3 cm³/mol. The molecule has 0 heterocycles. The van der Waals surface area contributed by atoms with Gasteiger partial charge in [0.1, 0.15) is 11.5 Å². The van der Waals surface area contributed by atoms with E-state index < -0.39 is 0 Å². The number of hydrogen-bond acceptors (Lipinski definition) is 3. The second-order valence-corrected chi connectivity index (χ2v) is 4.87. The molecule has 0 bridgehead atoms. The molecular formula is C16H26N2O3. The average molecular weight is 294 g/mol. The molecule has 1 N–H and O–H groups in total. The summed E-state index contributed by atoms with van der Waals surface area (Å²) >= 11 is 0. The molecule has 1 aromatic rings. The first-order valence-corrected chi connectivity index (χ1v) is 7.43. The first-order chi connectivity index (χ1) is 10.1. The van der Waals surface area contributed by atoms with E-state index in [9.17, 15) is 4.79 Å². The maximum absolute atomic E-state index is 12.3. The lowest BCUT2D eigenvalue weighted by atomic mass is 10.2. The number of nitrogens with one attached hydrogen (secondary N) is 1. The van der Waals surface area contributed by atoms with E-state index in [1.807, 2.05) is 4.90 Å². The zero-order valence-electron chi connectivity index (χ0n) is 13.4. The van der Waals surface area contributed by atoms with E-state index in [0.29, 0.717) is 17.2 Å². The number of nitrogens with zero attached hydrogens (tertiary/aromatic N) is 1. The van der Waals surface area contributed by atoms with Gasteiger partial charge in [-0.2, -0.15) is 0 Å². The summed E-state index contributed by atoms with van der Waals surface area (Å²) in [6.07, 6.45) is 3.02. The Balaban J connectivity index is 2.79. The predicted octanol–water partition coefficient (Wildman–Crippen LogP) is 3.75. The molecule has 5 nitrogen and oxygen atoms in total. The maximum Gasteiger partial charge on any atom is 0.321 e. The minimum Gasteiger partial charge on any atom is -0.497 e. The first kappa shape index (κ1) is 17.1. The van der Waals surface area contributed by atoms with E-state index in [2.05, 4.69) is 19.2 Å². The van der Waals surface area contributed by atoms with Crippen molar-refractivity contribution in [2.75, 3.05) is 32.6 Å². The van der Waals surface area contributed by atoms with Crippen molar-refractivity contribution < 1.29 is 14.3 Å². The van der Waals surface area contributed by atoms with Crippen LogP contribution in [0.5, 0.6) is 11.5 Å². The molecule has 0 saturated carbocycles. The van der Waals surface area contributed by atoms with Gasteiger partial charge < -0.3 is 19.7 Å². The van der Waals surface area contributed by atoms with Crippen LogP contribution < -0.4 is 14.8 Å². The molecule has 2 amide bonds. The van der Waals surface area contributed by atoms with Crippen LogP contribution in [-0.2, 0) is 0 Å². The Kier molecular flexibility index (Phi) is 7.43. The summed E-state index contributed by atoms with van der Waals surface area (Å²) in [5, 5.41) is 2.91. The van der Waals surface area contributed by atoms with E-state index >= 15 is 0 Å². The van der Waals surface area contributed by atoms with Crippen LogP contribution in [0.2, 0.25) is 0 Å². The van der Waals surface area contributed by atoms with Crippen molar-refractivity contribution >= 4 is 11.7 Å². The van der Waals surface area contributed by atoms with Gasteiger partial charge in [0.2, 0.25) is 0 Å². The van der Waals surface area contributed by atoms with Crippen molar-refractivity contribution in [3.63, 3.8) is 0 Å². The fourth-order valence-corrected chi connectivity index (χ4v) is 2.02. The maximum atomic E-state index is 12.3. The van der Waals surface area contributed by atoms with Gasteiger partial charge in [0.25, 0.3) is 0 Å². The van der Waals surface area contributed by atoms with Crippen molar-refractivity contribution in [1.82, 2.24) is 4.90 Å². The third-order valence-corrected chi connectivity index (χ3v) is 3.17. The number of anilines is 1. The minimum atomic E-state index is -0.0828. The fourth-order valence-electron chi connectivity index (χ4n) is 2.02. The largest absolute Gasteiger partial charge is 0.497 e. The number of benzene rings is 1. The molecule has 0 fully saturated rings. The van der Waals surface area contributed by atoms with Gasteiger partial charge in [-0.05, 0) is 12.8 Å². The third-order valence-electron chi connectivity index (χ3n) is 3.17. The lowest BCUT2D eigenvalue weighted by Gasteiger charge is -2.22. The quantitative estimate of drug-likeness (QED) is 0.794. The summed E-state index contributed by atoms with van der Waals surface area (Å²) in [6, 6.07) is 5.26. The molecule has 0 aromatic heterocycles. The van der Waals surface area contributed by atoms with E-state index in [4.69, 9.17) is 9.47 Å². The summed E-state index contributed by atoms with van der Waals surface area (Å²) in [4.78, 5) is 14.2. The molecule has 0 radical (unpaired) electrons. The minimum absolute atomic E-state index is 0.0828. The number of hydrogen-bond donors (Lipinski definition) is 1. The number of carbonyl (C=O) groups is 1. The molecule has 0 aliphatic rings. The molecule has 0 aliphatic heterocycles. The second-order valence-electron chi connectivity index (χ2n) is 4.87. The van der Waals surface area contributed by atoms with Gasteiger partial charge in [-0.3, -0.25) is 0 Å². The molecule has 118 valence electrons. The molecule has 21 heavy (non-hydrogen) atoms. The highest BCUT2D eigenvalue weighted by molar-refractivity contribution is 5.89. The summed E-state index contributed by atoms with van der Waals surface area (Å²) in [5.41, 5.74) is 0.675. The molecule has 0 saturated heterocycles. The summed E-state index contributed by atoms with van der Waals surface area (Å²) in [7, 11) is 3.18. The van der Waals surface area contributed by atoms with E-state index in [1.165, 1.54) is 0 Å². The van der Waals surface area contributed by atoms with Gasteiger partial charge in [0.15, 0.2) is 0 Å². The molecule has 0 spiro atoms. The topological polar surface area (TPSA) is 50.8 Å². The van der Waals surface area contributed by atoms with Crippen LogP contribution in [0.25, 0.3) is 0 Å². The van der Waals surface area contributed by atoms with Crippen molar-refractivity contribution in [2.24, 2.45) is 0 Å². The van der Waals surface area contributed by atoms with E-state index in [1.54, 1.807) is 32.4 Å². The highest BCUT2D eigenvalue weighted by Gasteiger charge is 2.13. The Morgan fingerprint density at radius 3 is 2.14 bits per heavy atom. The monoisotopic (exact) mass is 294 g/mol. The lowest BCUT2D eigenvalue weighted by Crippen LogP contribution is -2.36. The van der Waals surface area contributed by atoms with Crippen molar-refractivity contribution in [3.05, 3.63) is 18.2 Å². The third kappa shape index (κ3) is 5.53. The van der Waals surface area contributed by atoms with Crippen LogP contribution in [0.3, 0.4) is 0 Å². The van der Waals surface area contributed by atoms with Crippen LogP contribution in [0.1, 0.15) is 33.1 Å². The number of unbranched alkanes of at least 4 members (excludes halogenated alkanes) is 1. The van der Waals surface area contributed by atoms with Gasteiger partial charge >= 0.3 is 6.03 Å². The van der Waals surface area contributed by atoms with Crippen LogP contribution in [0.15, 0.2) is 18.2 Å². The van der Waals surface area contributed by atoms with Gasteiger partial charge in [0, 0.05) is 37.0 Å². The average Bonchev–Trinajstić information content (AvgIpc) is 2.50. The number of rotatable bonds is 8. The van der Waals surface area contributed by atoms with Crippen LogP contribution >= 0.6 is 0 Å². The molecule has 1 aromatic carbocycles. The number of ether oxygens (including phenoxy) is 2. The van der Waals surface area contributed by atoms with Crippen LogP contribution in [0.4, 0.5) is 10.5 Å². The Bertz CT molecular complexity index is 427. The zero-order chi connectivity index (χ0) is 15.7. The Labute approximate surface area is 127 Å². The standard InChI is InChI=1S/C16H26N2O3/c1-5-7-9-18(8-6-2)16(19)17-13-10-14(20-3)12-15(11-13)21-4/h10-12H,5-9H2,1-4H3,(H,17,19). The molecule has 1 rings (SSSR count).